The Morgan fingerprint density at radius 3 is 2.79 bits per heavy atom. The monoisotopic (exact) mass is 278 g/mol. The SMILES string of the molecule is NC(=S)CCN(c1cc(=O)[nH]c(C2CC2)n1)C1CC1. The van der Waals surface area contributed by atoms with Gasteiger partial charge in [0.1, 0.15) is 11.6 Å². The van der Waals surface area contributed by atoms with Gasteiger partial charge in [-0.05, 0) is 25.7 Å². The third-order valence-electron chi connectivity index (χ3n) is 3.59. The number of H-pyrrole nitrogens is 1. The van der Waals surface area contributed by atoms with Gasteiger partial charge in [-0.25, -0.2) is 4.98 Å². The summed E-state index contributed by atoms with van der Waals surface area (Å²) in [5.74, 6) is 2.07. The highest BCUT2D eigenvalue weighted by Gasteiger charge is 2.32. The number of hydrogen-bond acceptors (Lipinski definition) is 4. The summed E-state index contributed by atoms with van der Waals surface area (Å²) in [7, 11) is 0. The summed E-state index contributed by atoms with van der Waals surface area (Å²) in [6.07, 6.45) is 5.24. The van der Waals surface area contributed by atoms with Crippen molar-refractivity contribution in [1.82, 2.24) is 9.97 Å². The van der Waals surface area contributed by atoms with Crippen molar-refractivity contribution < 1.29 is 0 Å². The van der Waals surface area contributed by atoms with Crippen LogP contribution in [0, 0.1) is 0 Å². The van der Waals surface area contributed by atoms with Crippen LogP contribution in [0.5, 0.6) is 0 Å². The van der Waals surface area contributed by atoms with E-state index in [9.17, 15) is 4.79 Å². The maximum Gasteiger partial charge on any atom is 0.252 e. The molecule has 0 saturated heterocycles. The molecule has 1 aromatic rings. The fraction of sp³-hybridized carbons (Fsp3) is 0.615. The molecule has 2 aliphatic rings. The summed E-state index contributed by atoms with van der Waals surface area (Å²) >= 11 is 4.94. The minimum atomic E-state index is -0.0622. The van der Waals surface area contributed by atoms with Gasteiger partial charge in [0.2, 0.25) is 0 Å². The van der Waals surface area contributed by atoms with E-state index in [1.807, 2.05) is 0 Å². The zero-order chi connectivity index (χ0) is 13.4. The number of nitrogens with one attached hydrogen (secondary N) is 1. The lowest BCUT2D eigenvalue weighted by Gasteiger charge is -2.23. The Morgan fingerprint density at radius 2 is 2.21 bits per heavy atom. The van der Waals surface area contributed by atoms with E-state index in [1.54, 1.807) is 6.07 Å². The molecule has 6 heteroatoms. The van der Waals surface area contributed by atoms with Gasteiger partial charge in [-0.2, -0.15) is 0 Å². The van der Waals surface area contributed by atoms with Gasteiger partial charge in [-0.15, -0.1) is 0 Å². The van der Waals surface area contributed by atoms with Crippen molar-refractivity contribution in [2.75, 3.05) is 11.4 Å². The standard InChI is InChI=1S/C13H18N4OS/c14-10(19)5-6-17(9-3-4-9)11-7-12(18)16-13(15-11)8-1-2-8/h7-9H,1-6H2,(H2,14,19)(H,15,16,18). The lowest BCUT2D eigenvalue weighted by Crippen LogP contribution is -2.31. The van der Waals surface area contributed by atoms with E-state index in [2.05, 4.69) is 14.9 Å². The number of nitrogens with zero attached hydrogens (tertiary/aromatic N) is 2. The first kappa shape index (κ1) is 12.6. The van der Waals surface area contributed by atoms with Crippen LogP contribution in [0.4, 0.5) is 5.82 Å². The third kappa shape index (κ3) is 3.12. The Morgan fingerprint density at radius 1 is 1.47 bits per heavy atom. The van der Waals surface area contributed by atoms with Crippen molar-refractivity contribution in [3.8, 4) is 0 Å². The molecule has 0 bridgehead atoms. The van der Waals surface area contributed by atoms with Crippen LogP contribution in [0.2, 0.25) is 0 Å². The van der Waals surface area contributed by atoms with Crippen molar-refractivity contribution >= 4 is 23.0 Å². The average molecular weight is 278 g/mol. The van der Waals surface area contributed by atoms with Crippen molar-refractivity contribution in [3.63, 3.8) is 0 Å². The quantitative estimate of drug-likeness (QED) is 0.767. The lowest BCUT2D eigenvalue weighted by molar-refractivity contribution is 0.768. The molecule has 0 atom stereocenters. The van der Waals surface area contributed by atoms with E-state index in [-0.39, 0.29) is 5.56 Å². The minimum Gasteiger partial charge on any atom is -0.393 e. The molecule has 2 saturated carbocycles. The first-order valence-electron chi connectivity index (χ1n) is 6.79. The maximum absolute atomic E-state index is 11.8. The lowest BCUT2D eigenvalue weighted by atomic mass is 10.3. The van der Waals surface area contributed by atoms with Gasteiger partial charge in [0, 0.05) is 31.0 Å². The summed E-state index contributed by atoms with van der Waals surface area (Å²) in [6, 6.07) is 2.08. The van der Waals surface area contributed by atoms with Gasteiger partial charge in [0.25, 0.3) is 5.56 Å². The van der Waals surface area contributed by atoms with Crippen LogP contribution in [0.3, 0.4) is 0 Å². The van der Waals surface area contributed by atoms with Crippen LogP contribution in [0.1, 0.15) is 43.8 Å². The van der Waals surface area contributed by atoms with E-state index in [4.69, 9.17) is 18.0 Å². The van der Waals surface area contributed by atoms with Crippen molar-refractivity contribution in [1.29, 1.82) is 0 Å². The summed E-state index contributed by atoms with van der Waals surface area (Å²) in [5, 5.41) is 0. The Labute approximate surface area is 117 Å². The first-order valence-corrected chi connectivity index (χ1v) is 7.20. The smallest absolute Gasteiger partial charge is 0.252 e. The predicted molar refractivity (Wildman–Crippen MR) is 78.6 cm³/mol. The highest BCUT2D eigenvalue weighted by molar-refractivity contribution is 7.80. The first-order chi connectivity index (χ1) is 9.13. The van der Waals surface area contributed by atoms with Crippen LogP contribution < -0.4 is 16.2 Å². The molecule has 0 aliphatic heterocycles. The van der Waals surface area contributed by atoms with Crippen molar-refractivity contribution in [2.24, 2.45) is 5.73 Å². The van der Waals surface area contributed by atoms with E-state index < -0.39 is 0 Å². The topological polar surface area (TPSA) is 75.0 Å². The van der Waals surface area contributed by atoms with E-state index >= 15 is 0 Å². The summed E-state index contributed by atoms with van der Waals surface area (Å²) in [5.41, 5.74) is 5.51. The molecule has 1 aromatic heterocycles. The Bertz CT molecular complexity index is 548. The van der Waals surface area contributed by atoms with Gasteiger partial charge in [-0.3, -0.25) is 4.79 Å². The Kier molecular flexibility index (Phi) is 3.26. The Hall–Kier alpha value is -1.43. The van der Waals surface area contributed by atoms with Crippen molar-refractivity contribution in [2.45, 2.75) is 44.1 Å². The Balaban J connectivity index is 1.84. The maximum atomic E-state index is 11.8. The van der Waals surface area contributed by atoms with Gasteiger partial charge in [0.15, 0.2) is 0 Å². The second kappa shape index (κ2) is 4.92. The number of thiocarbonyl (C=S) groups is 1. The van der Waals surface area contributed by atoms with Crippen LogP contribution in [-0.2, 0) is 0 Å². The molecule has 2 aliphatic carbocycles. The zero-order valence-electron chi connectivity index (χ0n) is 10.8. The van der Waals surface area contributed by atoms with Gasteiger partial charge < -0.3 is 15.6 Å². The van der Waals surface area contributed by atoms with E-state index in [1.165, 1.54) is 0 Å². The number of aromatic nitrogens is 2. The highest BCUT2D eigenvalue weighted by Crippen LogP contribution is 2.38. The highest BCUT2D eigenvalue weighted by atomic mass is 32.1. The zero-order valence-corrected chi connectivity index (χ0v) is 11.6. The fourth-order valence-corrected chi connectivity index (χ4v) is 2.35. The van der Waals surface area contributed by atoms with Gasteiger partial charge >= 0.3 is 0 Å². The molecule has 2 fully saturated rings. The molecule has 0 amide bonds. The van der Waals surface area contributed by atoms with Gasteiger partial charge in [0.05, 0.1) is 4.99 Å². The minimum absolute atomic E-state index is 0.0622. The summed E-state index contributed by atoms with van der Waals surface area (Å²) in [4.78, 5) is 21.9. The molecule has 0 aromatic carbocycles. The second-order valence-corrected chi connectivity index (χ2v) is 5.93. The molecular formula is C13H18N4OS. The van der Waals surface area contributed by atoms with Crippen molar-refractivity contribution in [3.05, 3.63) is 22.2 Å². The molecule has 5 nitrogen and oxygen atoms in total. The normalized spacial score (nSPS) is 18.3. The fourth-order valence-electron chi connectivity index (χ4n) is 2.26. The average Bonchev–Trinajstić information content (AvgIpc) is 3.21. The summed E-state index contributed by atoms with van der Waals surface area (Å²) < 4.78 is 0. The molecule has 0 spiro atoms. The number of rotatable bonds is 6. The predicted octanol–water partition coefficient (Wildman–Crippen LogP) is 1.29. The number of hydrogen-bond donors (Lipinski definition) is 2. The number of anilines is 1. The van der Waals surface area contributed by atoms with Gasteiger partial charge in [-0.1, -0.05) is 12.2 Å². The van der Waals surface area contributed by atoms with Crippen LogP contribution in [-0.4, -0.2) is 27.5 Å². The number of aromatic amines is 1. The molecule has 3 rings (SSSR count). The molecule has 3 N–H and O–H groups in total. The van der Waals surface area contributed by atoms with Crippen LogP contribution in [0.15, 0.2) is 10.9 Å². The molecule has 0 radical (unpaired) electrons. The summed E-state index contributed by atoms with van der Waals surface area (Å²) in [6.45, 7) is 0.751. The van der Waals surface area contributed by atoms with Crippen LogP contribution >= 0.6 is 12.2 Å². The molecule has 0 unspecified atom stereocenters. The van der Waals surface area contributed by atoms with E-state index in [0.29, 0.717) is 23.4 Å². The molecular weight excluding hydrogens is 260 g/mol. The molecule has 102 valence electrons. The number of nitrogens with two attached hydrogens (primary N) is 1. The van der Waals surface area contributed by atoms with Crippen LogP contribution in [0.25, 0.3) is 0 Å². The second-order valence-electron chi connectivity index (χ2n) is 5.40. The molecule has 1 heterocycles. The largest absolute Gasteiger partial charge is 0.393 e. The third-order valence-corrected chi connectivity index (χ3v) is 3.80. The van der Waals surface area contributed by atoms with E-state index in [0.717, 1.165) is 43.9 Å². The molecule has 19 heavy (non-hydrogen) atoms.